The van der Waals surface area contributed by atoms with E-state index >= 15 is 0 Å². The summed E-state index contributed by atoms with van der Waals surface area (Å²) in [7, 11) is 1.93. The van der Waals surface area contributed by atoms with E-state index in [1.54, 1.807) is 6.07 Å². The molecule has 0 bridgehead atoms. The van der Waals surface area contributed by atoms with Crippen molar-refractivity contribution in [1.29, 1.82) is 0 Å². The molecule has 0 spiro atoms. The van der Waals surface area contributed by atoms with Crippen molar-refractivity contribution in [2.45, 2.75) is 18.9 Å². The van der Waals surface area contributed by atoms with Gasteiger partial charge in [-0.05, 0) is 48.7 Å². The van der Waals surface area contributed by atoms with Crippen molar-refractivity contribution in [2.75, 3.05) is 13.6 Å². The minimum absolute atomic E-state index is 0.120. The lowest BCUT2D eigenvalue weighted by atomic mass is 9.82. The molecule has 8 heteroatoms. The molecule has 1 N–H and O–H groups in total. The van der Waals surface area contributed by atoms with Crippen LogP contribution in [-0.4, -0.2) is 34.9 Å². The Bertz CT molecular complexity index is 635. The van der Waals surface area contributed by atoms with Crippen LogP contribution in [0, 0.1) is 16.0 Å². The summed E-state index contributed by atoms with van der Waals surface area (Å²) < 4.78 is 10.4. The Morgan fingerprint density at radius 1 is 1.45 bits per heavy atom. The minimum atomic E-state index is -0.511. The number of rotatable bonds is 5. The summed E-state index contributed by atoms with van der Waals surface area (Å²) in [6.07, 6.45) is 2.05. The Hall–Kier alpha value is -2.22. The average molecular weight is 278 g/mol. The lowest BCUT2D eigenvalue weighted by Crippen LogP contribution is -2.38. The quantitative estimate of drug-likeness (QED) is 0.653. The van der Waals surface area contributed by atoms with Crippen LogP contribution in [0.2, 0.25) is 0 Å². The van der Waals surface area contributed by atoms with Crippen molar-refractivity contribution in [2.24, 2.45) is 5.92 Å². The number of fused-ring (bicyclic) bond motifs is 1. The van der Waals surface area contributed by atoms with E-state index in [4.69, 9.17) is 4.74 Å². The van der Waals surface area contributed by atoms with Gasteiger partial charge >= 0.3 is 5.69 Å². The predicted molar refractivity (Wildman–Crippen MR) is 69.5 cm³/mol. The first kappa shape index (κ1) is 12.8. The van der Waals surface area contributed by atoms with E-state index < -0.39 is 4.92 Å². The Morgan fingerprint density at radius 3 is 2.90 bits per heavy atom. The number of hydrogen-bond donors (Lipinski definition) is 1. The van der Waals surface area contributed by atoms with E-state index in [-0.39, 0.29) is 17.3 Å². The summed E-state index contributed by atoms with van der Waals surface area (Å²) in [5.41, 5.74) is 0.296. The van der Waals surface area contributed by atoms with Crippen LogP contribution in [0.25, 0.3) is 11.0 Å². The van der Waals surface area contributed by atoms with E-state index in [0.29, 0.717) is 17.2 Å². The third kappa shape index (κ3) is 2.18. The number of nitro benzene ring substituents is 1. The molecular weight excluding hydrogens is 264 g/mol. The molecule has 0 saturated heterocycles. The van der Waals surface area contributed by atoms with E-state index in [1.165, 1.54) is 6.07 Å². The second-order valence-electron chi connectivity index (χ2n) is 4.94. The van der Waals surface area contributed by atoms with Crippen molar-refractivity contribution in [3.63, 3.8) is 0 Å². The van der Waals surface area contributed by atoms with Gasteiger partial charge in [0.1, 0.15) is 0 Å². The van der Waals surface area contributed by atoms with Crippen LogP contribution in [0.1, 0.15) is 12.8 Å². The van der Waals surface area contributed by atoms with E-state index in [1.807, 2.05) is 7.05 Å². The maximum atomic E-state index is 10.9. The molecule has 1 aliphatic carbocycles. The van der Waals surface area contributed by atoms with Gasteiger partial charge in [0.25, 0.3) is 0 Å². The molecule has 20 heavy (non-hydrogen) atoms. The zero-order chi connectivity index (χ0) is 14.1. The molecular formula is C12H14N4O4. The van der Waals surface area contributed by atoms with Crippen LogP contribution in [0.3, 0.4) is 0 Å². The molecule has 0 amide bonds. The van der Waals surface area contributed by atoms with Gasteiger partial charge in [0, 0.05) is 6.07 Å². The first-order valence-corrected chi connectivity index (χ1v) is 6.40. The Labute approximate surface area is 114 Å². The molecule has 0 aliphatic heterocycles. The van der Waals surface area contributed by atoms with Crippen LogP contribution in [0.4, 0.5) is 5.69 Å². The number of nitrogens with one attached hydrogen (secondary N) is 1. The summed E-state index contributed by atoms with van der Waals surface area (Å²) in [5, 5.41) is 21.3. The zero-order valence-corrected chi connectivity index (χ0v) is 10.9. The smallest absolute Gasteiger partial charge is 0.301 e. The molecule has 0 atom stereocenters. The SMILES string of the molecule is CNCC1CC(Oc2ccc([N+](=O)[O-])c3nonc23)C1. The molecule has 2 aromatic rings. The molecule has 3 rings (SSSR count). The summed E-state index contributed by atoms with van der Waals surface area (Å²) in [4.78, 5) is 10.4. The maximum absolute atomic E-state index is 10.9. The third-order valence-corrected chi connectivity index (χ3v) is 3.53. The highest BCUT2D eigenvalue weighted by Crippen LogP contribution is 2.35. The third-order valence-electron chi connectivity index (χ3n) is 3.53. The molecule has 1 aromatic heterocycles. The lowest BCUT2D eigenvalue weighted by Gasteiger charge is -2.35. The molecule has 0 unspecified atom stereocenters. The number of benzene rings is 1. The summed E-state index contributed by atoms with van der Waals surface area (Å²) in [6.45, 7) is 0.973. The molecule has 106 valence electrons. The maximum Gasteiger partial charge on any atom is 0.301 e. The minimum Gasteiger partial charge on any atom is -0.488 e. The summed E-state index contributed by atoms with van der Waals surface area (Å²) in [5.74, 6) is 1.11. The number of aromatic nitrogens is 2. The molecule has 0 radical (unpaired) electrons. The first-order chi connectivity index (χ1) is 9.69. The first-order valence-electron chi connectivity index (χ1n) is 6.40. The highest BCUT2D eigenvalue weighted by molar-refractivity contribution is 5.88. The van der Waals surface area contributed by atoms with Crippen LogP contribution in [0.5, 0.6) is 5.75 Å². The highest BCUT2D eigenvalue weighted by Gasteiger charge is 2.31. The van der Waals surface area contributed by atoms with Gasteiger partial charge < -0.3 is 10.1 Å². The van der Waals surface area contributed by atoms with Gasteiger partial charge in [-0.25, -0.2) is 4.63 Å². The van der Waals surface area contributed by atoms with Gasteiger partial charge in [0.05, 0.1) is 11.0 Å². The molecule has 1 fully saturated rings. The molecule has 1 aromatic carbocycles. The molecule has 1 aliphatic rings. The van der Waals surface area contributed by atoms with Crippen molar-refractivity contribution < 1.29 is 14.3 Å². The lowest BCUT2D eigenvalue weighted by molar-refractivity contribution is -0.383. The second-order valence-corrected chi connectivity index (χ2v) is 4.94. The number of ether oxygens (including phenoxy) is 1. The highest BCUT2D eigenvalue weighted by atomic mass is 16.6. The van der Waals surface area contributed by atoms with Crippen molar-refractivity contribution in [1.82, 2.24) is 15.6 Å². The van der Waals surface area contributed by atoms with Crippen molar-refractivity contribution >= 4 is 16.7 Å². The van der Waals surface area contributed by atoms with Crippen LogP contribution in [-0.2, 0) is 0 Å². The summed E-state index contributed by atoms with van der Waals surface area (Å²) >= 11 is 0. The van der Waals surface area contributed by atoms with E-state index in [0.717, 1.165) is 19.4 Å². The average Bonchev–Trinajstić information content (AvgIpc) is 2.85. The molecule has 1 heterocycles. The van der Waals surface area contributed by atoms with Gasteiger partial charge in [0.15, 0.2) is 11.3 Å². The van der Waals surface area contributed by atoms with Gasteiger partial charge in [-0.1, -0.05) is 0 Å². The van der Waals surface area contributed by atoms with Crippen molar-refractivity contribution in [3.8, 4) is 5.75 Å². The predicted octanol–water partition coefficient (Wildman–Crippen LogP) is 1.51. The Kier molecular flexibility index (Phi) is 3.23. The zero-order valence-electron chi connectivity index (χ0n) is 10.9. The van der Waals surface area contributed by atoms with Crippen LogP contribution < -0.4 is 10.1 Å². The van der Waals surface area contributed by atoms with Gasteiger partial charge in [0.2, 0.25) is 5.52 Å². The van der Waals surface area contributed by atoms with E-state index in [2.05, 4.69) is 20.3 Å². The largest absolute Gasteiger partial charge is 0.488 e. The number of nitrogens with zero attached hydrogens (tertiary/aromatic N) is 3. The molecule has 1 saturated carbocycles. The topological polar surface area (TPSA) is 103 Å². The Morgan fingerprint density at radius 2 is 2.20 bits per heavy atom. The fraction of sp³-hybridized carbons (Fsp3) is 0.500. The van der Waals surface area contributed by atoms with Gasteiger partial charge in [-0.15, -0.1) is 0 Å². The monoisotopic (exact) mass is 278 g/mol. The Balaban J connectivity index is 1.78. The normalized spacial score (nSPS) is 21.6. The molecule has 8 nitrogen and oxygen atoms in total. The van der Waals surface area contributed by atoms with Crippen molar-refractivity contribution in [3.05, 3.63) is 22.2 Å². The number of nitro groups is 1. The van der Waals surface area contributed by atoms with Gasteiger partial charge in [-0.3, -0.25) is 10.1 Å². The number of non-ortho nitro benzene ring substituents is 1. The van der Waals surface area contributed by atoms with Crippen LogP contribution >= 0.6 is 0 Å². The number of hydrogen-bond acceptors (Lipinski definition) is 7. The van der Waals surface area contributed by atoms with Crippen LogP contribution in [0.15, 0.2) is 16.8 Å². The van der Waals surface area contributed by atoms with Gasteiger partial charge in [-0.2, -0.15) is 0 Å². The van der Waals surface area contributed by atoms with E-state index in [9.17, 15) is 10.1 Å². The fourth-order valence-corrected chi connectivity index (χ4v) is 2.48. The fourth-order valence-electron chi connectivity index (χ4n) is 2.48. The standard InChI is InChI=1S/C12H14N4O4/c1-13-6-7-4-8(5-7)19-10-3-2-9(16(17)18)11-12(10)15-20-14-11/h2-3,7-8,13H,4-6H2,1H3. The summed E-state index contributed by atoms with van der Waals surface area (Å²) in [6, 6.07) is 2.92. The second kappa shape index (κ2) is 5.04.